The zero-order chi connectivity index (χ0) is 19.1. The normalized spacial score (nSPS) is 10.4. The summed E-state index contributed by atoms with van der Waals surface area (Å²) < 4.78 is 10.6. The summed E-state index contributed by atoms with van der Waals surface area (Å²) >= 11 is 3.01. The second-order valence-corrected chi connectivity index (χ2v) is 6.24. The first-order valence-corrected chi connectivity index (χ1v) is 8.43. The van der Waals surface area contributed by atoms with Crippen molar-refractivity contribution in [3.63, 3.8) is 0 Å². The molecule has 0 atom stereocenters. The average molecular weight is 416 g/mol. The lowest BCUT2D eigenvalue weighted by Crippen LogP contribution is -2.10. The molecule has 6 heteroatoms. The second kappa shape index (κ2) is 9.01. The lowest BCUT2D eigenvalue weighted by atomic mass is 10.1. The number of carbonyl (C=O) groups excluding carboxylic acids is 2. The zero-order valence-corrected chi connectivity index (χ0v) is 16.0. The molecule has 0 aromatic heterocycles. The molecule has 0 heterocycles. The Balaban J connectivity index is 2.11. The summed E-state index contributed by atoms with van der Waals surface area (Å²) in [6, 6.07) is 12.0. The van der Waals surface area contributed by atoms with E-state index in [-0.39, 0.29) is 16.2 Å². The van der Waals surface area contributed by atoms with Crippen molar-refractivity contribution >= 4 is 39.4 Å². The van der Waals surface area contributed by atoms with E-state index in [0.717, 1.165) is 5.56 Å². The molecule has 0 unspecified atom stereocenters. The van der Waals surface area contributed by atoms with E-state index in [1.807, 2.05) is 0 Å². The quantitative estimate of drug-likeness (QED) is 0.535. The highest BCUT2D eigenvalue weighted by atomic mass is 79.9. The van der Waals surface area contributed by atoms with Gasteiger partial charge in [0.25, 0.3) is 5.91 Å². The van der Waals surface area contributed by atoms with Gasteiger partial charge in [0, 0.05) is 17.3 Å². The van der Waals surface area contributed by atoms with Crippen LogP contribution in [-0.2, 0) is 4.79 Å². The number of ether oxygens (including phenoxy) is 2. The van der Waals surface area contributed by atoms with Crippen LogP contribution in [0.1, 0.15) is 15.9 Å². The van der Waals surface area contributed by atoms with Gasteiger partial charge in [0.1, 0.15) is 11.5 Å². The third-order valence-electron chi connectivity index (χ3n) is 3.47. The minimum absolute atomic E-state index is 0.158. The molecule has 134 valence electrons. The van der Waals surface area contributed by atoms with Gasteiger partial charge in [-0.3, -0.25) is 9.59 Å². The van der Waals surface area contributed by atoms with E-state index in [1.54, 1.807) is 62.8 Å². The number of rotatable bonds is 7. The van der Waals surface area contributed by atoms with Crippen molar-refractivity contribution in [2.24, 2.45) is 0 Å². The fourth-order valence-corrected chi connectivity index (χ4v) is 2.21. The van der Waals surface area contributed by atoms with Crippen LogP contribution in [0.3, 0.4) is 0 Å². The van der Waals surface area contributed by atoms with Crippen molar-refractivity contribution in [2.45, 2.75) is 0 Å². The van der Waals surface area contributed by atoms with Crippen molar-refractivity contribution in [3.05, 3.63) is 70.7 Å². The van der Waals surface area contributed by atoms with Crippen LogP contribution in [0.15, 0.2) is 59.6 Å². The summed E-state index contributed by atoms with van der Waals surface area (Å²) in [6.45, 7) is 3.50. The van der Waals surface area contributed by atoms with E-state index in [9.17, 15) is 9.59 Å². The lowest BCUT2D eigenvalue weighted by Gasteiger charge is -2.06. The minimum Gasteiger partial charge on any atom is -0.497 e. The summed E-state index contributed by atoms with van der Waals surface area (Å²) in [5.74, 6) is 0.792. The van der Waals surface area contributed by atoms with Crippen LogP contribution in [0.25, 0.3) is 6.08 Å². The molecule has 2 aromatic rings. The largest absolute Gasteiger partial charge is 0.497 e. The number of methoxy groups -OCH3 is 2. The third kappa shape index (κ3) is 5.32. The molecular formula is C20H18BrNO4. The maximum Gasteiger partial charge on any atom is 0.262 e. The SMILES string of the molecule is C=C(Br)C(=O)Nc1ccc(C(=O)/C=C/c2cc(OC)cc(OC)c2)cc1. The first kappa shape index (κ1) is 19.5. The molecule has 26 heavy (non-hydrogen) atoms. The van der Waals surface area contributed by atoms with Gasteiger partial charge < -0.3 is 14.8 Å². The van der Waals surface area contributed by atoms with E-state index in [0.29, 0.717) is 22.7 Å². The maximum atomic E-state index is 12.3. The minimum atomic E-state index is -0.337. The number of allylic oxidation sites excluding steroid dienone is 1. The monoisotopic (exact) mass is 415 g/mol. The Labute approximate surface area is 160 Å². The van der Waals surface area contributed by atoms with Crippen molar-refractivity contribution in [1.29, 1.82) is 0 Å². The van der Waals surface area contributed by atoms with Gasteiger partial charge in [0.15, 0.2) is 5.78 Å². The predicted molar refractivity (Wildman–Crippen MR) is 106 cm³/mol. The van der Waals surface area contributed by atoms with Crippen molar-refractivity contribution in [3.8, 4) is 11.5 Å². The molecule has 0 saturated heterocycles. The van der Waals surface area contributed by atoms with Gasteiger partial charge >= 0.3 is 0 Å². The number of carbonyl (C=O) groups is 2. The number of benzene rings is 2. The standard InChI is InChI=1S/C20H18BrNO4/c1-13(21)20(24)22-16-7-5-15(6-8-16)19(23)9-4-14-10-17(25-2)12-18(11-14)26-3/h4-12H,1H2,2-3H3,(H,22,24)/b9-4+. The molecule has 0 spiro atoms. The van der Waals surface area contributed by atoms with E-state index in [2.05, 4.69) is 27.8 Å². The van der Waals surface area contributed by atoms with Gasteiger partial charge in [-0.2, -0.15) is 0 Å². The molecule has 0 saturated carbocycles. The number of hydrogen-bond donors (Lipinski definition) is 1. The summed E-state index contributed by atoms with van der Waals surface area (Å²) in [4.78, 5) is 23.8. The third-order valence-corrected chi connectivity index (χ3v) is 3.83. The number of hydrogen-bond acceptors (Lipinski definition) is 4. The van der Waals surface area contributed by atoms with Crippen LogP contribution in [0.2, 0.25) is 0 Å². The molecule has 0 aliphatic carbocycles. The highest BCUT2D eigenvalue weighted by Gasteiger charge is 2.06. The van der Waals surface area contributed by atoms with Gasteiger partial charge in [-0.15, -0.1) is 0 Å². The Hall–Kier alpha value is -2.86. The predicted octanol–water partition coefficient (Wildman–Crippen LogP) is 4.45. The van der Waals surface area contributed by atoms with Crippen LogP contribution in [0, 0.1) is 0 Å². The Kier molecular flexibility index (Phi) is 6.74. The molecule has 0 bridgehead atoms. The van der Waals surface area contributed by atoms with Crippen molar-refractivity contribution < 1.29 is 19.1 Å². The second-order valence-electron chi connectivity index (χ2n) is 5.28. The van der Waals surface area contributed by atoms with E-state index >= 15 is 0 Å². The molecule has 0 fully saturated rings. The van der Waals surface area contributed by atoms with E-state index in [1.165, 1.54) is 6.08 Å². The van der Waals surface area contributed by atoms with Gasteiger partial charge in [0.05, 0.1) is 18.7 Å². The fourth-order valence-electron chi connectivity index (χ4n) is 2.11. The van der Waals surface area contributed by atoms with Crippen molar-refractivity contribution in [2.75, 3.05) is 19.5 Å². The van der Waals surface area contributed by atoms with Crippen LogP contribution < -0.4 is 14.8 Å². The molecule has 2 aromatic carbocycles. The van der Waals surface area contributed by atoms with E-state index in [4.69, 9.17) is 9.47 Å². The molecule has 2 rings (SSSR count). The fraction of sp³-hybridized carbons (Fsp3) is 0.100. The van der Waals surface area contributed by atoms with Crippen LogP contribution in [0.5, 0.6) is 11.5 Å². The summed E-state index contributed by atoms with van der Waals surface area (Å²) in [7, 11) is 3.14. The first-order valence-electron chi connectivity index (χ1n) is 7.64. The summed E-state index contributed by atoms with van der Waals surface area (Å²) in [5, 5.41) is 2.65. The Morgan fingerprint density at radius 3 is 2.12 bits per heavy atom. The van der Waals surface area contributed by atoms with Crippen LogP contribution >= 0.6 is 15.9 Å². The van der Waals surface area contributed by atoms with Gasteiger partial charge in [0.2, 0.25) is 0 Å². The Morgan fingerprint density at radius 1 is 1.04 bits per heavy atom. The van der Waals surface area contributed by atoms with Gasteiger partial charge in [-0.05, 0) is 64.0 Å². The summed E-state index contributed by atoms with van der Waals surface area (Å²) in [6.07, 6.45) is 3.17. The molecule has 1 N–H and O–H groups in total. The van der Waals surface area contributed by atoms with Crippen molar-refractivity contribution in [1.82, 2.24) is 0 Å². The smallest absolute Gasteiger partial charge is 0.262 e. The summed E-state index contributed by atoms with van der Waals surface area (Å²) in [5.41, 5.74) is 1.87. The topological polar surface area (TPSA) is 64.6 Å². The Bertz CT molecular complexity index is 834. The Morgan fingerprint density at radius 2 is 1.62 bits per heavy atom. The molecule has 0 radical (unpaired) electrons. The van der Waals surface area contributed by atoms with Crippen LogP contribution in [0.4, 0.5) is 5.69 Å². The molecular weight excluding hydrogens is 398 g/mol. The molecule has 0 aliphatic heterocycles. The molecule has 1 amide bonds. The molecule has 0 aliphatic rings. The highest BCUT2D eigenvalue weighted by molar-refractivity contribution is 9.12. The number of halogens is 1. The maximum absolute atomic E-state index is 12.3. The van der Waals surface area contributed by atoms with Crippen LogP contribution in [-0.4, -0.2) is 25.9 Å². The number of nitrogens with one attached hydrogen (secondary N) is 1. The molecule has 5 nitrogen and oxygen atoms in total. The van der Waals surface area contributed by atoms with Gasteiger partial charge in [-0.1, -0.05) is 12.7 Å². The number of amides is 1. The average Bonchev–Trinajstić information content (AvgIpc) is 2.66. The zero-order valence-electron chi connectivity index (χ0n) is 14.4. The first-order chi connectivity index (χ1) is 12.4. The number of anilines is 1. The van der Waals surface area contributed by atoms with Gasteiger partial charge in [-0.25, -0.2) is 0 Å². The highest BCUT2D eigenvalue weighted by Crippen LogP contribution is 2.23. The van der Waals surface area contributed by atoms with E-state index < -0.39 is 0 Å². The number of ketones is 1. The lowest BCUT2D eigenvalue weighted by molar-refractivity contribution is -0.112.